The lowest BCUT2D eigenvalue weighted by Crippen LogP contribution is -2.15. The number of aliphatic carboxylic acids is 1. The van der Waals surface area contributed by atoms with E-state index in [1.807, 2.05) is 31.2 Å². The molecule has 13 heavy (non-hydrogen) atoms. The molecule has 1 aromatic carbocycles. The Bertz CT molecular complexity index is 310. The Morgan fingerprint density at radius 3 is 2.69 bits per heavy atom. The van der Waals surface area contributed by atoms with Gasteiger partial charge in [0.05, 0.1) is 0 Å². The van der Waals surface area contributed by atoms with Crippen LogP contribution in [-0.2, 0) is 11.2 Å². The van der Waals surface area contributed by atoms with Crippen LogP contribution >= 0.6 is 15.9 Å². The van der Waals surface area contributed by atoms with Gasteiger partial charge in [-0.3, -0.25) is 4.79 Å². The first-order valence-electron chi connectivity index (χ1n) is 4.02. The van der Waals surface area contributed by atoms with Crippen molar-refractivity contribution in [2.24, 2.45) is 0 Å². The van der Waals surface area contributed by atoms with Gasteiger partial charge in [0, 0.05) is 0 Å². The van der Waals surface area contributed by atoms with Gasteiger partial charge in [-0.05, 0) is 24.5 Å². The van der Waals surface area contributed by atoms with Crippen molar-refractivity contribution in [1.82, 2.24) is 0 Å². The highest BCUT2D eigenvalue weighted by Crippen LogP contribution is 2.13. The minimum atomic E-state index is -0.816. The first-order chi connectivity index (χ1) is 6.11. The Morgan fingerprint density at radius 1 is 1.54 bits per heavy atom. The second-order valence-corrected chi connectivity index (χ2v) is 4.04. The average molecular weight is 243 g/mol. The topological polar surface area (TPSA) is 37.3 Å². The molecule has 0 spiro atoms. The van der Waals surface area contributed by atoms with Crippen LogP contribution < -0.4 is 0 Å². The number of alkyl halides is 1. The average Bonchev–Trinajstić information content (AvgIpc) is 2.08. The molecule has 3 heteroatoms. The normalized spacial score (nSPS) is 12.5. The van der Waals surface area contributed by atoms with Gasteiger partial charge in [-0.25, -0.2) is 0 Å². The lowest BCUT2D eigenvalue weighted by atomic mass is 10.0. The minimum Gasteiger partial charge on any atom is -0.480 e. The molecule has 0 radical (unpaired) electrons. The number of halogens is 1. The molecule has 0 amide bonds. The van der Waals surface area contributed by atoms with E-state index < -0.39 is 10.8 Å². The molecule has 0 aliphatic heterocycles. The van der Waals surface area contributed by atoms with E-state index in [4.69, 9.17) is 5.11 Å². The molecule has 1 rings (SSSR count). The van der Waals surface area contributed by atoms with Gasteiger partial charge in [0.15, 0.2) is 0 Å². The third kappa shape index (κ3) is 2.84. The summed E-state index contributed by atoms with van der Waals surface area (Å²) in [4.78, 5) is 10.1. The van der Waals surface area contributed by atoms with Crippen molar-refractivity contribution in [1.29, 1.82) is 0 Å². The Kier molecular flexibility index (Phi) is 3.48. The van der Waals surface area contributed by atoms with E-state index >= 15 is 0 Å². The maximum Gasteiger partial charge on any atom is 0.317 e. The fraction of sp³-hybridized carbons (Fsp3) is 0.300. The van der Waals surface area contributed by atoms with E-state index in [1.165, 1.54) is 0 Å². The van der Waals surface area contributed by atoms with Crippen molar-refractivity contribution in [2.45, 2.75) is 18.2 Å². The maximum atomic E-state index is 10.6. The Balaban J connectivity index is 2.74. The lowest BCUT2D eigenvalue weighted by Gasteiger charge is -2.07. The van der Waals surface area contributed by atoms with Crippen LogP contribution in [0, 0.1) is 6.92 Å². The molecule has 0 saturated heterocycles. The molecule has 0 unspecified atom stereocenters. The smallest absolute Gasteiger partial charge is 0.317 e. The van der Waals surface area contributed by atoms with Crippen LogP contribution in [0.2, 0.25) is 0 Å². The van der Waals surface area contributed by atoms with E-state index in [1.54, 1.807) is 0 Å². The Hall–Kier alpha value is -0.830. The van der Waals surface area contributed by atoms with Crippen LogP contribution in [-0.4, -0.2) is 15.9 Å². The maximum absolute atomic E-state index is 10.6. The third-order valence-electron chi connectivity index (χ3n) is 1.93. The second kappa shape index (κ2) is 4.42. The van der Waals surface area contributed by atoms with E-state index in [2.05, 4.69) is 15.9 Å². The molecular formula is C10H11BrO2. The lowest BCUT2D eigenvalue weighted by molar-refractivity contribution is -0.136. The Morgan fingerprint density at radius 2 is 2.15 bits per heavy atom. The highest BCUT2D eigenvalue weighted by molar-refractivity contribution is 9.10. The van der Waals surface area contributed by atoms with Crippen molar-refractivity contribution < 1.29 is 9.90 Å². The molecule has 0 saturated carbocycles. The van der Waals surface area contributed by atoms with Crippen molar-refractivity contribution in [2.75, 3.05) is 0 Å². The van der Waals surface area contributed by atoms with Gasteiger partial charge in [0.1, 0.15) is 4.83 Å². The third-order valence-corrected chi connectivity index (χ3v) is 2.64. The standard InChI is InChI=1S/C10H11BrO2/c1-7-4-2-3-5-8(7)6-9(11)10(12)13/h2-5,9H,6H2,1H3,(H,12,13)/t9-/m1/s1. The summed E-state index contributed by atoms with van der Waals surface area (Å²) in [6.45, 7) is 1.98. The predicted octanol–water partition coefficient (Wildman–Crippen LogP) is 2.39. The number of hydrogen-bond donors (Lipinski definition) is 1. The number of carboxylic acid groups (broad SMARTS) is 1. The van der Waals surface area contributed by atoms with Crippen molar-refractivity contribution in [3.8, 4) is 0 Å². The number of aryl methyl sites for hydroxylation is 1. The first kappa shape index (κ1) is 10.3. The molecule has 2 nitrogen and oxygen atoms in total. The van der Waals surface area contributed by atoms with Gasteiger partial charge in [-0.1, -0.05) is 40.2 Å². The van der Waals surface area contributed by atoms with Crippen LogP contribution in [0.3, 0.4) is 0 Å². The largest absolute Gasteiger partial charge is 0.480 e. The summed E-state index contributed by atoms with van der Waals surface area (Å²) in [6.07, 6.45) is 0.530. The van der Waals surface area contributed by atoms with Crippen molar-refractivity contribution in [3.63, 3.8) is 0 Å². The number of benzene rings is 1. The highest BCUT2D eigenvalue weighted by atomic mass is 79.9. The molecule has 1 atom stereocenters. The van der Waals surface area contributed by atoms with Gasteiger partial charge in [0.25, 0.3) is 0 Å². The monoisotopic (exact) mass is 242 g/mol. The quantitative estimate of drug-likeness (QED) is 0.827. The summed E-state index contributed by atoms with van der Waals surface area (Å²) in [6, 6.07) is 7.80. The number of carboxylic acids is 1. The molecule has 0 aliphatic rings. The highest BCUT2D eigenvalue weighted by Gasteiger charge is 2.14. The van der Waals surface area contributed by atoms with Crippen LogP contribution in [0.25, 0.3) is 0 Å². The molecular weight excluding hydrogens is 232 g/mol. The second-order valence-electron chi connectivity index (χ2n) is 2.94. The summed E-state index contributed by atoms with van der Waals surface area (Å²) in [7, 11) is 0. The molecule has 1 aromatic rings. The van der Waals surface area contributed by atoms with Crippen LogP contribution in [0.4, 0.5) is 0 Å². The zero-order chi connectivity index (χ0) is 9.84. The Labute approximate surface area is 85.7 Å². The SMILES string of the molecule is Cc1ccccc1C[C@@H](Br)C(=O)O. The minimum absolute atomic E-state index is 0.492. The summed E-state index contributed by atoms with van der Waals surface area (Å²) in [5, 5.41) is 8.69. The predicted molar refractivity (Wildman–Crippen MR) is 55.2 cm³/mol. The molecule has 0 bridgehead atoms. The van der Waals surface area contributed by atoms with E-state index in [0.29, 0.717) is 6.42 Å². The van der Waals surface area contributed by atoms with E-state index in [9.17, 15) is 4.79 Å². The zero-order valence-electron chi connectivity index (χ0n) is 7.33. The van der Waals surface area contributed by atoms with Crippen molar-refractivity contribution in [3.05, 3.63) is 35.4 Å². The van der Waals surface area contributed by atoms with Gasteiger partial charge in [-0.15, -0.1) is 0 Å². The van der Waals surface area contributed by atoms with Crippen molar-refractivity contribution >= 4 is 21.9 Å². The summed E-state index contributed by atoms with van der Waals surface area (Å²) >= 11 is 3.11. The molecule has 70 valence electrons. The van der Waals surface area contributed by atoms with Gasteiger partial charge in [0.2, 0.25) is 0 Å². The van der Waals surface area contributed by atoms with Gasteiger partial charge >= 0.3 is 5.97 Å². The van der Waals surface area contributed by atoms with Crippen LogP contribution in [0.15, 0.2) is 24.3 Å². The summed E-state index contributed by atoms with van der Waals surface area (Å²) in [5.41, 5.74) is 2.21. The molecule has 0 aliphatic carbocycles. The molecule has 0 aromatic heterocycles. The van der Waals surface area contributed by atoms with Gasteiger partial charge in [-0.2, -0.15) is 0 Å². The zero-order valence-corrected chi connectivity index (χ0v) is 8.91. The molecule has 0 fully saturated rings. The van der Waals surface area contributed by atoms with Gasteiger partial charge < -0.3 is 5.11 Å². The number of hydrogen-bond acceptors (Lipinski definition) is 1. The summed E-state index contributed by atoms with van der Waals surface area (Å²) in [5.74, 6) is -0.816. The van der Waals surface area contributed by atoms with E-state index in [0.717, 1.165) is 11.1 Å². The fourth-order valence-corrected chi connectivity index (χ4v) is 1.47. The summed E-state index contributed by atoms with van der Waals surface area (Å²) < 4.78 is 0. The van der Waals surface area contributed by atoms with E-state index in [-0.39, 0.29) is 0 Å². The van der Waals surface area contributed by atoms with Crippen LogP contribution in [0.1, 0.15) is 11.1 Å². The number of carbonyl (C=O) groups is 1. The molecule has 0 heterocycles. The first-order valence-corrected chi connectivity index (χ1v) is 4.94. The number of rotatable bonds is 3. The van der Waals surface area contributed by atoms with Crippen LogP contribution in [0.5, 0.6) is 0 Å². The fourth-order valence-electron chi connectivity index (χ4n) is 1.12. The molecule has 1 N–H and O–H groups in total.